The molecule has 0 unspecified atom stereocenters. The van der Waals surface area contributed by atoms with E-state index in [0.717, 1.165) is 23.9 Å². The number of hydrogen-bond acceptors (Lipinski definition) is 4. The summed E-state index contributed by atoms with van der Waals surface area (Å²) in [5, 5.41) is 0. The van der Waals surface area contributed by atoms with E-state index in [-0.39, 0.29) is 23.1 Å². The van der Waals surface area contributed by atoms with Gasteiger partial charge in [-0.2, -0.15) is 13.2 Å². The second-order valence-electron chi connectivity index (χ2n) is 7.54. The van der Waals surface area contributed by atoms with Crippen molar-refractivity contribution in [2.75, 3.05) is 26.1 Å². The highest BCUT2D eigenvalue weighted by Crippen LogP contribution is 2.33. The number of halogens is 3. The molecule has 0 saturated heterocycles. The van der Waals surface area contributed by atoms with Crippen LogP contribution in [0.25, 0.3) is 17.7 Å². The number of methoxy groups -OCH3 is 1. The molecule has 1 aliphatic rings. The van der Waals surface area contributed by atoms with Gasteiger partial charge in [0.1, 0.15) is 5.75 Å². The number of carbonyl (C=O) groups is 2. The lowest BCUT2D eigenvalue weighted by atomic mass is 10.0. The lowest BCUT2D eigenvalue weighted by Crippen LogP contribution is -2.39. The molecule has 7 nitrogen and oxygen atoms in total. The summed E-state index contributed by atoms with van der Waals surface area (Å²) in [5.41, 5.74) is 3.26. The Morgan fingerprint density at radius 1 is 1.19 bits per heavy atom. The normalized spacial score (nSPS) is 15.1. The third-order valence-electron chi connectivity index (χ3n) is 5.21. The van der Waals surface area contributed by atoms with Crippen molar-refractivity contribution >= 4 is 35.5 Å². The molecule has 170 valence electrons. The lowest BCUT2D eigenvalue weighted by Gasteiger charge is -2.19. The van der Waals surface area contributed by atoms with E-state index in [4.69, 9.17) is 4.74 Å². The SMILES string of the molecule is COc1c(C)cc(/C=C2/C(=O)N(C)C=Cc3nc(N(C)C(=O)C(F)(F)F)n(C)c32)cc1C. The summed E-state index contributed by atoms with van der Waals surface area (Å²) in [5.74, 6) is -1.92. The summed E-state index contributed by atoms with van der Waals surface area (Å²) in [6.45, 7) is 3.75. The number of aromatic nitrogens is 2. The number of imidazole rings is 1. The van der Waals surface area contributed by atoms with Crippen LogP contribution in [0.5, 0.6) is 5.75 Å². The molecule has 0 atom stereocenters. The first kappa shape index (κ1) is 23.1. The molecule has 3 rings (SSSR count). The zero-order valence-electron chi connectivity index (χ0n) is 18.5. The summed E-state index contributed by atoms with van der Waals surface area (Å²) in [4.78, 5) is 30.9. The van der Waals surface area contributed by atoms with Crippen LogP contribution in [0.15, 0.2) is 18.3 Å². The zero-order valence-corrected chi connectivity index (χ0v) is 18.5. The number of alkyl halides is 3. The fourth-order valence-electron chi connectivity index (χ4n) is 3.75. The van der Waals surface area contributed by atoms with Gasteiger partial charge in [0, 0.05) is 27.3 Å². The van der Waals surface area contributed by atoms with Gasteiger partial charge in [-0.3, -0.25) is 14.5 Å². The molecule has 10 heteroatoms. The summed E-state index contributed by atoms with van der Waals surface area (Å²) in [6, 6.07) is 3.70. The van der Waals surface area contributed by atoms with Crippen molar-refractivity contribution in [3.05, 3.63) is 46.4 Å². The molecular formula is C22H23F3N4O3. The van der Waals surface area contributed by atoms with Crippen molar-refractivity contribution in [2.24, 2.45) is 7.05 Å². The Bertz CT molecular complexity index is 1140. The quantitative estimate of drug-likeness (QED) is 0.674. The Kier molecular flexibility index (Phi) is 5.90. The van der Waals surface area contributed by atoms with Gasteiger partial charge in [-0.15, -0.1) is 0 Å². The average Bonchev–Trinajstić information content (AvgIpc) is 2.98. The van der Waals surface area contributed by atoms with Gasteiger partial charge in [-0.25, -0.2) is 4.98 Å². The molecule has 1 aromatic heterocycles. The molecule has 0 spiro atoms. The number of fused-ring (bicyclic) bond motifs is 1. The molecular weight excluding hydrogens is 425 g/mol. The molecule has 2 amide bonds. The fourth-order valence-corrected chi connectivity index (χ4v) is 3.75. The van der Waals surface area contributed by atoms with Crippen molar-refractivity contribution in [3.8, 4) is 5.75 Å². The maximum atomic E-state index is 13.1. The minimum absolute atomic E-state index is 0.227. The van der Waals surface area contributed by atoms with E-state index in [1.165, 1.54) is 28.8 Å². The number of hydrogen-bond donors (Lipinski definition) is 0. The van der Waals surface area contributed by atoms with E-state index in [1.54, 1.807) is 20.2 Å². The lowest BCUT2D eigenvalue weighted by molar-refractivity contribution is -0.170. The van der Waals surface area contributed by atoms with Gasteiger partial charge in [0.05, 0.1) is 24.1 Å². The van der Waals surface area contributed by atoms with Crippen LogP contribution in [0, 0.1) is 13.8 Å². The monoisotopic (exact) mass is 448 g/mol. The molecule has 32 heavy (non-hydrogen) atoms. The molecule has 2 aromatic rings. The third-order valence-corrected chi connectivity index (χ3v) is 5.21. The maximum absolute atomic E-state index is 13.1. The number of benzene rings is 1. The largest absolute Gasteiger partial charge is 0.496 e. The maximum Gasteiger partial charge on any atom is 0.471 e. The van der Waals surface area contributed by atoms with Crippen LogP contribution in [0.3, 0.4) is 0 Å². The number of amides is 2. The van der Waals surface area contributed by atoms with Crippen LogP contribution in [0.2, 0.25) is 0 Å². The van der Waals surface area contributed by atoms with E-state index >= 15 is 0 Å². The van der Waals surface area contributed by atoms with Crippen LogP contribution in [-0.4, -0.2) is 53.6 Å². The van der Waals surface area contributed by atoms with Gasteiger partial charge in [0.2, 0.25) is 5.95 Å². The van der Waals surface area contributed by atoms with E-state index in [9.17, 15) is 22.8 Å². The summed E-state index contributed by atoms with van der Waals surface area (Å²) >= 11 is 0. The van der Waals surface area contributed by atoms with E-state index in [0.29, 0.717) is 16.2 Å². The molecule has 1 aromatic carbocycles. The van der Waals surface area contributed by atoms with Gasteiger partial charge in [0.15, 0.2) is 0 Å². The number of rotatable bonds is 3. The van der Waals surface area contributed by atoms with Gasteiger partial charge in [-0.1, -0.05) is 0 Å². The first-order valence-electron chi connectivity index (χ1n) is 9.61. The predicted octanol–water partition coefficient (Wildman–Crippen LogP) is 3.55. The zero-order chi connectivity index (χ0) is 24.0. The second kappa shape index (κ2) is 8.18. The highest BCUT2D eigenvalue weighted by molar-refractivity contribution is 6.25. The number of nitrogens with zero attached hydrogens (tertiary/aromatic N) is 4. The van der Waals surface area contributed by atoms with Crippen LogP contribution in [0.1, 0.15) is 28.1 Å². The van der Waals surface area contributed by atoms with Crippen molar-refractivity contribution in [1.29, 1.82) is 0 Å². The molecule has 0 saturated carbocycles. The third kappa shape index (κ3) is 4.00. The summed E-state index contributed by atoms with van der Waals surface area (Å²) < 4.78 is 45.6. The van der Waals surface area contributed by atoms with E-state index in [2.05, 4.69) is 4.98 Å². The van der Waals surface area contributed by atoms with Gasteiger partial charge < -0.3 is 14.2 Å². The standard InChI is InChI=1S/C22H23F3N4O3/c1-12-9-14(10-13(2)18(12)32-6)11-15-17-16(7-8-27(3)19(15)30)26-21(28(17)4)29(5)20(31)22(23,24)25/h7-11H,1-6H3/b15-11+. The predicted molar refractivity (Wildman–Crippen MR) is 115 cm³/mol. The molecule has 1 aliphatic heterocycles. The minimum atomic E-state index is -5.05. The van der Waals surface area contributed by atoms with Crippen LogP contribution >= 0.6 is 0 Å². The summed E-state index contributed by atoms with van der Waals surface area (Å²) in [6.07, 6.45) is -0.398. The number of ether oxygens (including phenoxy) is 1. The topological polar surface area (TPSA) is 67.7 Å². The molecule has 0 N–H and O–H groups in total. The Hall–Kier alpha value is -3.56. The first-order valence-corrected chi connectivity index (χ1v) is 9.61. The van der Waals surface area contributed by atoms with Gasteiger partial charge >= 0.3 is 12.1 Å². The number of likely N-dealkylation sites (N-methyl/N-ethyl adjacent to an activating group) is 1. The highest BCUT2D eigenvalue weighted by atomic mass is 19.4. The Balaban J connectivity index is 2.20. The Labute approximate surface area is 183 Å². The second-order valence-corrected chi connectivity index (χ2v) is 7.54. The molecule has 0 bridgehead atoms. The smallest absolute Gasteiger partial charge is 0.471 e. The van der Waals surface area contributed by atoms with Crippen molar-refractivity contribution in [1.82, 2.24) is 14.5 Å². The molecule has 2 heterocycles. The van der Waals surface area contributed by atoms with Gasteiger partial charge in [0.25, 0.3) is 5.91 Å². The van der Waals surface area contributed by atoms with E-state index in [1.807, 2.05) is 26.0 Å². The van der Waals surface area contributed by atoms with Crippen molar-refractivity contribution in [2.45, 2.75) is 20.0 Å². The number of anilines is 1. The summed E-state index contributed by atoms with van der Waals surface area (Å²) in [7, 11) is 5.61. The Morgan fingerprint density at radius 2 is 1.78 bits per heavy atom. The molecule has 0 radical (unpaired) electrons. The fraction of sp³-hybridized carbons (Fsp3) is 0.318. The molecule has 0 fully saturated rings. The number of aryl methyl sites for hydroxylation is 2. The Morgan fingerprint density at radius 3 is 2.31 bits per heavy atom. The number of carbonyl (C=O) groups excluding carboxylic acids is 2. The van der Waals surface area contributed by atoms with Crippen LogP contribution in [-0.2, 0) is 16.6 Å². The van der Waals surface area contributed by atoms with Crippen molar-refractivity contribution in [3.63, 3.8) is 0 Å². The average molecular weight is 448 g/mol. The van der Waals surface area contributed by atoms with Crippen LogP contribution < -0.4 is 9.64 Å². The highest BCUT2D eigenvalue weighted by Gasteiger charge is 2.43. The van der Waals surface area contributed by atoms with Crippen LogP contribution in [0.4, 0.5) is 19.1 Å². The minimum Gasteiger partial charge on any atom is -0.496 e. The molecule has 0 aliphatic carbocycles. The first-order chi connectivity index (χ1) is 14.9. The van der Waals surface area contributed by atoms with E-state index < -0.39 is 12.1 Å². The van der Waals surface area contributed by atoms with Gasteiger partial charge in [-0.05, 0) is 54.8 Å². The van der Waals surface area contributed by atoms with Crippen molar-refractivity contribution < 1.29 is 27.5 Å².